The van der Waals surface area contributed by atoms with Crippen LogP contribution in [0.2, 0.25) is 0 Å². The number of hydrogen-bond acceptors (Lipinski definition) is 6. The highest BCUT2D eigenvalue weighted by Gasteiger charge is 2.26. The molecule has 11 heteroatoms. The minimum absolute atomic E-state index is 0.147. The Bertz CT molecular complexity index is 731. The molecule has 106 valence electrons. The molecule has 2 N–H and O–H groups in total. The average Bonchev–Trinajstić information content (AvgIpc) is 2.89. The Kier molecular flexibility index (Phi) is 4.11. The van der Waals surface area contributed by atoms with Crippen LogP contribution in [-0.2, 0) is 16.6 Å². The third kappa shape index (κ3) is 3.18. The van der Waals surface area contributed by atoms with E-state index in [9.17, 15) is 18.5 Å². The van der Waals surface area contributed by atoms with E-state index in [0.717, 1.165) is 6.07 Å². The zero-order valence-corrected chi connectivity index (χ0v) is 12.2. The standard InChI is InChI=1S/C9H8BrN5O4S/c10-6-1-2-7(15(16)17)8(3-6)20(18,19)13-4-9-11-5-12-14-9/h1-3,5,13H,4H2,(H,11,12,14). The molecule has 1 aromatic heterocycles. The molecule has 2 rings (SSSR count). The summed E-state index contributed by atoms with van der Waals surface area (Å²) in [5, 5.41) is 16.9. The lowest BCUT2D eigenvalue weighted by Gasteiger charge is -2.06. The van der Waals surface area contributed by atoms with E-state index in [1.165, 1.54) is 18.5 Å². The molecule has 9 nitrogen and oxygen atoms in total. The molecule has 0 bridgehead atoms. The molecule has 20 heavy (non-hydrogen) atoms. The maximum Gasteiger partial charge on any atom is 0.289 e. The van der Waals surface area contributed by atoms with Crippen molar-refractivity contribution < 1.29 is 13.3 Å². The number of rotatable bonds is 5. The van der Waals surface area contributed by atoms with Gasteiger partial charge in [0.25, 0.3) is 5.69 Å². The second-order valence-electron chi connectivity index (χ2n) is 3.63. The van der Waals surface area contributed by atoms with Gasteiger partial charge in [0.2, 0.25) is 10.0 Å². The number of aromatic nitrogens is 3. The van der Waals surface area contributed by atoms with E-state index >= 15 is 0 Å². The first-order chi connectivity index (χ1) is 9.40. The molecule has 1 heterocycles. The van der Waals surface area contributed by atoms with Gasteiger partial charge in [-0.05, 0) is 12.1 Å². The third-order valence-electron chi connectivity index (χ3n) is 2.30. The molecular weight excluding hydrogens is 354 g/mol. The van der Waals surface area contributed by atoms with Crippen LogP contribution in [-0.4, -0.2) is 28.5 Å². The van der Waals surface area contributed by atoms with Crippen molar-refractivity contribution in [3.05, 3.63) is 44.9 Å². The topological polar surface area (TPSA) is 131 Å². The zero-order valence-electron chi connectivity index (χ0n) is 9.78. The number of nitro benzene ring substituents is 1. The van der Waals surface area contributed by atoms with Crippen molar-refractivity contribution in [2.75, 3.05) is 0 Å². The first-order valence-corrected chi connectivity index (χ1v) is 7.45. The summed E-state index contributed by atoms with van der Waals surface area (Å²) >= 11 is 3.08. The summed E-state index contributed by atoms with van der Waals surface area (Å²) in [4.78, 5) is 13.5. The number of benzene rings is 1. The van der Waals surface area contributed by atoms with Crippen molar-refractivity contribution in [1.29, 1.82) is 0 Å². The highest BCUT2D eigenvalue weighted by Crippen LogP contribution is 2.27. The number of nitrogens with one attached hydrogen (secondary N) is 2. The van der Waals surface area contributed by atoms with Gasteiger partial charge in [-0.2, -0.15) is 5.10 Å². The summed E-state index contributed by atoms with van der Waals surface area (Å²) in [6.45, 7) is -0.147. The molecule has 0 atom stereocenters. The molecule has 0 fully saturated rings. The van der Waals surface area contributed by atoms with Gasteiger partial charge < -0.3 is 0 Å². The van der Waals surface area contributed by atoms with Gasteiger partial charge in [0.1, 0.15) is 12.2 Å². The molecule has 0 aliphatic rings. The average molecular weight is 362 g/mol. The Hall–Kier alpha value is -1.85. The second-order valence-corrected chi connectivity index (χ2v) is 6.28. The molecule has 0 saturated carbocycles. The Morgan fingerprint density at radius 2 is 2.20 bits per heavy atom. The van der Waals surface area contributed by atoms with Gasteiger partial charge in [-0.3, -0.25) is 15.2 Å². The van der Waals surface area contributed by atoms with Crippen molar-refractivity contribution in [3.63, 3.8) is 0 Å². The lowest BCUT2D eigenvalue weighted by Crippen LogP contribution is -2.24. The van der Waals surface area contributed by atoms with Crippen LogP contribution in [0.15, 0.2) is 33.9 Å². The van der Waals surface area contributed by atoms with Gasteiger partial charge in [0.15, 0.2) is 4.90 Å². The molecule has 0 spiro atoms. The van der Waals surface area contributed by atoms with E-state index in [4.69, 9.17) is 0 Å². The first-order valence-electron chi connectivity index (χ1n) is 5.18. The van der Waals surface area contributed by atoms with Gasteiger partial charge in [-0.1, -0.05) is 15.9 Å². The van der Waals surface area contributed by atoms with E-state index in [-0.39, 0.29) is 6.54 Å². The molecule has 0 saturated heterocycles. The molecule has 1 aromatic carbocycles. The quantitative estimate of drug-likeness (QED) is 0.602. The van der Waals surface area contributed by atoms with Crippen LogP contribution < -0.4 is 4.72 Å². The number of H-pyrrole nitrogens is 1. The van der Waals surface area contributed by atoms with Crippen LogP contribution in [0.5, 0.6) is 0 Å². The lowest BCUT2D eigenvalue weighted by atomic mass is 10.3. The summed E-state index contributed by atoms with van der Waals surface area (Å²) in [7, 11) is -4.04. The lowest BCUT2D eigenvalue weighted by molar-refractivity contribution is -0.387. The maximum absolute atomic E-state index is 12.1. The Balaban J connectivity index is 2.33. The van der Waals surface area contributed by atoms with Crippen molar-refractivity contribution in [2.24, 2.45) is 0 Å². The predicted octanol–water partition coefficient (Wildman–Crippen LogP) is 0.954. The van der Waals surface area contributed by atoms with Gasteiger partial charge in [0.05, 0.1) is 11.5 Å². The largest absolute Gasteiger partial charge is 0.289 e. The number of hydrogen-bond donors (Lipinski definition) is 2. The highest BCUT2D eigenvalue weighted by atomic mass is 79.9. The minimum atomic E-state index is -4.04. The zero-order chi connectivity index (χ0) is 14.8. The van der Waals surface area contributed by atoms with Gasteiger partial charge in [-0.25, -0.2) is 18.1 Å². The SMILES string of the molecule is O=[N+]([O-])c1ccc(Br)cc1S(=O)(=O)NCc1ncn[nH]1. The Morgan fingerprint density at radius 1 is 1.45 bits per heavy atom. The monoisotopic (exact) mass is 361 g/mol. The van der Waals surface area contributed by atoms with Crippen molar-refractivity contribution >= 4 is 31.6 Å². The first kappa shape index (κ1) is 14.6. The molecular formula is C9H8BrN5O4S. The highest BCUT2D eigenvalue weighted by molar-refractivity contribution is 9.10. The number of aromatic amines is 1. The number of nitro groups is 1. The molecule has 0 radical (unpaired) electrons. The fourth-order valence-electron chi connectivity index (χ4n) is 1.41. The summed E-state index contributed by atoms with van der Waals surface area (Å²) in [6, 6.07) is 3.68. The minimum Gasteiger partial charge on any atom is -0.262 e. The number of sulfonamides is 1. The van der Waals surface area contributed by atoms with E-state index in [2.05, 4.69) is 35.8 Å². The summed E-state index contributed by atoms with van der Waals surface area (Å²) < 4.78 is 26.8. The predicted molar refractivity (Wildman–Crippen MR) is 71.2 cm³/mol. The molecule has 0 unspecified atom stereocenters. The summed E-state index contributed by atoms with van der Waals surface area (Å²) in [5.41, 5.74) is -0.502. The van der Waals surface area contributed by atoms with E-state index in [1.54, 1.807) is 0 Å². The molecule has 0 aliphatic carbocycles. The molecule has 0 aliphatic heterocycles. The van der Waals surface area contributed by atoms with Gasteiger partial charge in [-0.15, -0.1) is 0 Å². The number of halogens is 1. The molecule has 0 amide bonds. The summed E-state index contributed by atoms with van der Waals surface area (Å²) in [5.74, 6) is 0.297. The molecule has 2 aromatic rings. The fourth-order valence-corrected chi connectivity index (χ4v) is 3.11. The Morgan fingerprint density at radius 3 is 2.80 bits per heavy atom. The smallest absolute Gasteiger partial charge is 0.262 e. The van der Waals surface area contributed by atoms with Crippen LogP contribution in [0.4, 0.5) is 5.69 Å². The van der Waals surface area contributed by atoms with E-state index in [0.29, 0.717) is 10.3 Å². The van der Waals surface area contributed by atoms with E-state index < -0.39 is 25.5 Å². The second kappa shape index (κ2) is 5.64. The fraction of sp³-hybridized carbons (Fsp3) is 0.111. The van der Waals surface area contributed by atoms with Crippen molar-refractivity contribution in [1.82, 2.24) is 19.9 Å². The van der Waals surface area contributed by atoms with Gasteiger partial charge >= 0.3 is 0 Å². The maximum atomic E-state index is 12.1. The third-order valence-corrected chi connectivity index (χ3v) is 4.23. The number of nitrogens with zero attached hydrogens (tertiary/aromatic N) is 3. The van der Waals surface area contributed by atoms with Crippen LogP contribution in [0.25, 0.3) is 0 Å². The Labute approximate surface area is 121 Å². The summed E-state index contributed by atoms with van der Waals surface area (Å²) in [6.07, 6.45) is 1.23. The van der Waals surface area contributed by atoms with Gasteiger partial charge in [0, 0.05) is 10.5 Å². The van der Waals surface area contributed by atoms with Crippen LogP contribution >= 0.6 is 15.9 Å². The van der Waals surface area contributed by atoms with E-state index in [1.807, 2.05) is 0 Å². The van der Waals surface area contributed by atoms with Crippen LogP contribution in [0.1, 0.15) is 5.82 Å². The van der Waals surface area contributed by atoms with Crippen molar-refractivity contribution in [2.45, 2.75) is 11.4 Å². The van der Waals surface area contributed by atoms with Crippen LogP contribution in [0.3, 0.4) is 0 Å². The van der Waals surface area contributed by atoms with Crippen molar-refractivity contribution in [3.8, 4) is 0 Å². The normalized spacial score (nSPS) is 11.4. The van der Waals surface area contributed by atoms with Crippen LogP contribution in [0, 0.1) is 10.1 Å².